The topological polar surface area (TPSA) is 45.0 Å². The number of hydrogen-bond acceptors (Lipinski definition) is 3. The average molecular weight is 348 g/mol. The van der Waals surface area contributed by atoms with Crippen LogP contribution < -0.4 is 10.1 Å². The van der Waals surface area contributed by atoms with Gasteiger partial charge in [0, 0.05) is 13.1 Å². The molecule has 0 amide bonds. The van der Waals surface area contributed by atoms with Gasteiger partial charge >= 0.3 is 6.18 Å². The molecule has 0 bridgehead atoms. The minimum atomic E-state index is -4.45. The summed E-state index contributed by atoms with van der Waals surface area (Å²) >= 11 is 0. The number of halogens is 3. The van der Waals surface area contributed by atoms with Gasteiger partial charge in [-0.05, 0) is 49.2 Å². The lowest BCUT2D eigenvalue weighted by atomic mass is 10.1. The summed E-state index contributed by atoms with van der Waals surface area (Å²) in [4.78, 5) is 0. The first kappa shape index (κ1) is 18.8. The molecule has 0 aliphatic carbocycles. The van der Waals surface area contributed by atoms with Crippen molar-refractivity contribution >= 4 is 0 Å². The highest BCUT2D eigenvalue weighted by Gasteiger charge is 2.33. The number of nitrogens with one attached hydrogen (secondary N) is 1. The van der Waals surface area contributed by atoms with Gasteiger partial charge in [0.1, 0.15) is 5.75 Å². The predicted molar refractivity (Wildman–Crippen MR) is 88.9 cm³/mol. The fourth-order valence-corrected chi connectivity index (χ4v) is 2.41. The smallest absolute Gasteiger partial charge is 0.416 e. The molecule has 2 aromatic carbocycles. The van der Waals surface area contributed by atoms with Crippen molar-refractivity contribution < 1.29 is 17.9 Å². The summed E-state index contributed by atoms with van der Waals surface area (Å²) in [6.07, 6.45) is -4.65. The third kappa shape index (κ3) is 5.50. The maximum atomic E-state index is 13.3. The molecule has 0 saturated carbocycles. The van der Waals surface area contributed by atoms with Crippen LogP contribution in [0.4, 0.5) is 13.2 Å². The van der Waals surface area contributed by atoms with E-state index in [2.05, 4.69) is 5.32 Å². The molecule has 0 fully saturated rings. The predicted octanol–water partition coefficient (Wildman–Crippen LogP) is 4.65. The van der Waals surface area contributed by atoms with Gasteiger partial charge in [0.2, 0.25) is 0 Å². The van der Waals surface area contributed by atoms with Crippen molar-refractivity contribution in [3.63, 3.8) is 0 Å². The van der Waals surface area contributed by atoms with Crippen molar-refractivity contribution in [2.45, 2.75) is 39.2 Å². The van der Waals surface area contributed by atoms with Gasteiger partial charge in [-0.3, -0.25) is 0 Å². The molecule has 0 aromatic heterocycles. The van der Waals surface area contributed by atoms with Crippen LogP contribution in [0.15, 0.2) is 42.5 Å². The zero-order chi connectivity index (χ0) is 18.4. The molecular weight excluding hydrogens is 329 g/mol. The maximum absolute atomic E-state index is 13.3. The third-order valence-corrected chi connectivity index (χ3v) is 3.46. The Morgan fingerprint density at radius 1 is 1.12 bits per heavy atom. The van der Waals surface area contributed by atoms with Crippen LogP contribution in [0.3, 0.4) is 0 Å². The molecule has 0 atom stereocenters. The Bertz CT molecular complexity index is 764. The molecule has 0 spiro atoms. The molecule has 2 rings (SSSR count). The SMILES string of the molecule is CC(C)Oc1ccc(CNCc2cccc(C#N)c2)c(C(F)(F)F)c1. The van der Waals surface area contributed by atoms with E-state index in [-0.39, 0.29) is 24.0 Å². The lowest BCUT2D eigenvalue weighted by molar-refractivity contribution is -0.138. The second-order valence-corrected chi connectivity index (χ2v) is 5.90. The molecule has 0 aliphatic rings. The second-order valence-electron chi connectivity index (χ2n) is 5.90. The molecular formula is C19H19F3N2O. The number of nitriles is 1. The standard InChI is InChI=1S/C19H19F3N2O/c1-13(2)25-17-7-6-16(18(9-17)19(20,21)22)12-24-11-15-5-3-4-14(8-15)10-23/h3-9,13,24H,11-12H2,1-2H3. The van der Waals surface area contributed by atoms with E-state index < -0.39 is 11.7 Å². The number of ether oxygens (including phenoxy) is 1. The van der Waals surface area contributed by atoms with Crippen LogP contribution in [-0.2, 0) is 19.3 Å². The maximum Gasteiger partial charge on any atom is 0.416 e. The Hall–Kier alpha value is -2.52. The van der Waals surface area contributed by atoms with Crippen molar-refractivity contribution in [2.24, 2.45) is 0 Å². The molecule has 6 heteroatoms. The van der Waals surface area contributed by atoms with Crippen LogP contribution in [0.2, 0.25) is 0 Å². The molecule has 0 radical (unpaired) electrons. The Morgan fingerprint density at radius 3 is 2.52 bits per heavy atom. The highest BCUT2D eigenvalue weighted by atomic mass is 19.4. The lowest BCUT2D eigenvalue weighted by Crippen LogP contribution is -2.18. The van der Waals surface area contributed by atoms with E-state index in [0.717, 1.165) is 11.6 Å². The van der Waals surface area contributed by atoms with Gasteiger partial charge in [0.15, 0.2) is 0 Å². The highest BCUT2D eigenvalue weighted by molar-refractivity contribution is 5.38. The van der Waals surface area contributed by atoms with Crippen molar-refractivity contribution in [1.82, 2.24) is 5.32 Å². The summed E-state index contributed by atoms with van der Waals surface area (Å²) in [7, 11) is 0. The zero-order valence-corrected chi connectivity index (χ0v) is 14.0. The molecule has 0 unspecified atom stereocenters. The van der Waals surface area contributed by atoms with Crippen LogP contribution >= 0.6 is 0 Å². The first-order chi connectivity index (χ1) is 11.8. The summed E-state index contributed by atoms with van der Waals surface area (Å²) in [6.45, 7) is 3.96. The summed E-state index contributed by atoms with van der Waals surface area (Å²) in [5.41, 5.74) is 0.807. The van der Waals surface area contributed by atoms with Crippen molar-refractivity contribution in [3.8, 4) is 11.8 Å². The van der Waals surface area contributed by atoms with Crippen LogP contribution in [0.25, 0.3) is 0 Å². The Morgan fingerprint density at radius 2 is 1.88 bits per heavy atom. The molecule has 0 heterocycles. The van der Waals surface area contributed by atoms with E-state index >= 15 is 0 Å². The first-order valence-electron chi connectivity index (χ1n) is 7.86. The van der Waals surface area contributed by atoms with Crippen LogP contribution in [0.1, 0.15) is 36.1 Å². The van der Waals surface area contributed by atoms with Crippen molar-refractivity contribution in [2.75, 3.05) is 0 Å². The number of alkyl halides is 3. The number of hydrogen-bond donors (Lipinski definition) is 1. The minimum absolute atomic E-state index is 0.0631. The second kappa shape index (κ2) is 8.04. The number of nitrogens with zero attached hydrogens (tertiary/aromatic N) is 1. The summed E-state index contributed by atoms with van der Waals surface area (Å²) in [5, 5.41) is 11.9. The molecule has 0 saturated heterocycles. The van der Waals surface area contributed by atoms with E-state index in [1.165, 1.54) is 6.07 Å². The summed E-state index contributed by atoms with van der Waals surface area (Å²) in [5.74, 6) is 0.202. The lowest BCUT2D eigenvalue weighted by Gasteiger charge is -2.17. The molecule has 1 N–H and O–H groups in total. The monoisotopic (exact) mass is 348 g/mol. The van der Waals surface area contributed by atoms with Crippen LogP contribution in [0, 0.1) is 11.3 Å². The Labute approximate surface area is 145 Å². The molecule has 2 aromatic rings. The third-order valence-electron chi connectivity index (χ3n) is 3.46. The van der Waals surface area contributed by atoms with Gasteiger partial charge in [0.25, 0.3) is 0 Å². The quantitative estimate of drug-likeness (QED) is 0.826. The fraction of sp³-hybridized carbons (Fsp3) is 0.316. The van der Waals surface area contributed by atoms with E-state index in [9.17, 15) is 13.2 Å². The normalized spacial score (nSPS) is 11.4. The minimum Gasteiger partial charge on any atom is -0.491 e. The Balaban J connectivity index is 2.11. The summed E-state index contributed by atoms with van der Waals surface area (Å²) < 4.78 is 45.2. The van der Waals surface area contributed by atoms with Crippen molar-refractivity contribution in [1.29, 1.82) is 5.26 Å². The van der Waals surface area contributed by atoms with E-state index in [4.69, 9.17) is 10.00 Å². The van der Waals surface area contributed by atoms with Crippen LogP contribution in [-0.4, -0.2) is 6.10 Å². The van der Waals surface area contributed by atoms with Gasteiger partial charge in [-0.25, -0.2) is 0 Å². The fourth-order valence-electron chi connectivity index (χ4n) is 2.41. The highest BCUT2D eigenvalue weighted by Crippen LogP contribution is 2.34. The van der Waals surface area contributed by atoms with Gasteiger partial charge < -0.3 is 10.1 Å². The first-order valence-corrected chi connectivity index (χ1v) is 7.86. The molecule has 0 aliphatic heterocycles. The van der Waals surface area contributed by atoms with Gasteiger partial charge in [-0.2, -0.15) is 18.4 Å². The largest absolute Gasteiger partial charge is 0.491 e. The number of rotatable bonds is 6. The van der Waals surface area contributed by atoms with Gasteiger partial charge in [0.05, 0.1) is 23.3 Å². The zero-order valence-electron chi connectivity index (χ0n) is 14.0. The van der Waals surface area contributed by atoms with E-state index in [0.29, 0.717) is 12.1 Å². The molecule has 3 nitrogen and oxygen atoms in total. The number of benzene rings is 2. The van der Waals surface area contributed by atoms with E-state index in [1.807, 2.05) is 12.1 Å². The van der Waals surface area contributed by atoms with Crippen molar-refractivity contribution in [3.05, 3.63) is 64.7 Å². The van der Waals surface area contributed by atoms with E-state index in [1.54, 1.807) is 38.1 Å². The van der Waals surface area contributed by atoms with Crippen LogP contribution in [0.5, 0.6) is 5.75 Å². The van der Waals surface area contributed by atoms with Gasteiger partial charge in [-0.15, -0.1) is 0 Å². The molecule has 132 valence electrons. The Kier molecular flexibility index (Phi) is 6.05. The average Bonchev–Trinajstić information content (AvgIpc) is 2.55. The molecule has 25 heavy (non-hydrogen) atoms. The van der Waals surface area contributed by atoms with Gasteiger partial charge in [-0.1, -0.05) is 18.2 Å². The summed E-state index contributed by atoms with van der Waals surface area (Å²) in [6, 6.07) is 13.0.